The maximum absolute atomic E-state index is 12.2. The van der Waals surface area contributed by atoms with Gasteiger partial charge in [-0.1, -0.05) is 60.7 Å². The molecule has 0 unspecified atom stereocenters. The van der Waals surface area contributed by atoms with Crippen molar-refractivity contribution < 1.29 is 0 Å². The Bertz CT molecular complexity index is 854. The van der Waals surface area contributed by atoms with Crippen molar-refractivity contribution in [2.45, 2.75) is 17.5 Å². The van der Waals surface area contributed by atoms with Crippen LogP contribution in [-0.4, -0.2) is 9.97 Å². The molecule has 2 heterocycles. The van der Waals surface area contributed by atoms with Crippen LogP contribution in [0.2, 0.25) is 0 Å². The normalized spacial score (nSPS) is 13.0. The van der Waals surface area contributed by atoms with Crippen LogP contribution < -0.4 is 10.9 Å². The van der Waals surface area contributed by atoms with Gasteiger partial charge in [0.25, 0.3) is 5.56 Å². The maximum atomic E-state index is 12.2. The smallest absolute Gasteiger partial charge is 0.256 e. The molecule has 0 fully saturated rings. The molecule has 0 amide bonds. The number of aromatic amines is 1. The molecule has 5 heteroatoms. The largest absolute Gasteiger partial charge is 0.345 e. The summed E-state index contributed by atoms with van der Waals surface area (Å²) in [5.41, 5.74) is 3.92. The van der Waals surface area contributed by atoms with Crippen molar-refractivity contribution >= 4 is 17.7 Å². The predicted octanol–water partition coefficient (Wildman–Crippen LogP) is 3.72. The summed E-state index contributed by atoms with van der Waals surface area (Å²) in [5, 5.41) is 3.41. The number of thioether (sulfide) groups is 1. The first-order valence-electron chi connectivity index (χ1n) is 7.87. The molecule has 0 radical (unpaired) electrons. The summed E-state index contributed by atoms with van der Waals surface area (Å²) in [6.07, 6.45) is 0. The third kappa shape index (κ3) is 2.95. The number of nitrogens with one attached hydrogen (secondary N) is 2. The van der Waals surface area contributed by atoms with Gasteiger partial charge in [0.15, 0.2) is 0 Å². The van der Waals surface area contributed by atoms with Crippen molar-refractivity contribution in [1.82, 2.24) is 9.97 Å². The quantitative estimate of drug-likeness (QED) is 0.763. The monoisotopic (exact) mass is 335 g/mol. The summed E-state index contributed by atoms with van der Waals surface area (Å²) in [6.45, 7) is 0. The number of hydrogen-bond donors (Lipinski definition) is 2. The Kier molecular flexibility index (Phi) is 4.09. The SMILES string of the molecule is O=c1[nH]c(NC(c2ccccc2)c2ccccc2)nc2c1CSC2. The Labute approximate surface area is 144 Å². The highest BCUT2D eigenvalue weighted by molar-refractivity contribution is 7.98. The zero-order chi connectivity index (χ0) is 16.4. The molecule has 120 valence electrons. The van der Waals surface area contributed by atoms with Crippen molar-refractivity contribution in [2.24, 2.45) is 0 Å². The first-order valence-corrected chi connectivity index (χ1v) is 9.03. The van der Waals surface area contributed by atoms with Gasteiger partial charge >= 0.3 is 0 Å². The third-order valence-electron chi connectivity index (χ3n) is 4.13. The number of anilines is 1. The molecule has 1 aliphatic heterocycles. The first kappa shape index (κ1) is 15.0. The number of hydrogen-bond acceptors (Lipinski definition) is 4. The van der Waals surface area contributed by atoms with E-state index < -0.39 is 0 Å². The van der Waals surface area contributed by atoms with E-state index >= 15 is 0 Å². The van der Waals surface area contributed by atoms with E-state index in [0.29, 0.717) is 5.95 Å². The Morgan fingerprint density at radius 1 is 0.958 bits per heavy atom. The summed E-state index contributed by atoms with van der Waals surface area (Å²) in [5.74, 6) is 2.08. The summed E-state index contributed by atoms with van der Waals surface area (Å²) in [6, 6.07) is 20.3. The van der Waals surface area contributed by atoms with Crippen LogP contribution in [0.1, 0.15) is 28.4 Å². The molecule has 1 aromatic heterocycles. The standard InChI is InChI=1S/C19H17N3OS/c23-18-15-11-24-12-16(15)20-19(22-18)21-17(13-7-3-1-4-8-13)14-9-5-2-6-10-14/h1-10,17H,11-12H2,(H2,20,21,22,23). The average Bonchev–Trinajstić information content (AvgIpc) is 3.10. The molecular formula is C19H17N3OS. The topological polar surface area (TPSA) is 57.8 Å². The van der Waals surface area contributed by atoms with Gasteiger partial charge in [-0.25, -0.2) is 4.98 Å². The van der Waals surface area contributed by atoms with Crippen LogP contribution in [-0.2, 0) is 11.5 Å². The Morgan fingerprint density at radius 2 is 1.58 bits per heavy atom. The lowest BCUT2D eigenvalue weighted by molar-refractivity contribution is 0.892. The Hall–Kier alpha value is -2.53. The van der Waals surface area contributed by atoms with Crippen molar-refractivity contribution in [3.8, 4) is 0 Å². The second-order valence-electron chi connectivity index (χ2n) is 5.73. The minimum atomic E-state index is -0.0670. The summed E-state index contributed by atoms with van der Waals surface area (Å²) >= 11 is 1.73. The van der Waals surface area contributed by atoms with E-state index in [0.717, 1.165) is 33.9 Å². The Balaban J connectivity index is 1.73. The van der Waals surface area contributed by atoms with Gasteiger partial charge < -0.3 is 5.32 Å². The summed E-state index contributed by atoms with van der Waals surface area (Å²) in [7, 11) is 0. The second kappa shape index (κ2) is 6.53. The van der Waals surface area contributed by atoms with E-state index in [1.165, 1.54) is 0 Å². The van der Waals surface area contributed by atoms with Crippen molar-refractivity contribution in [3.63, 3.8) is 0 Å². The molecule has 2 aromatic carbocycles. The minimum absolute atomic E-state index is 0.0348. The molecule has 3 aromatic rings. The fourth-order valence-corrected chi connectivity index (χ4v) is 3.95. The Morgan fingerprint density at radius 3 is 2.21 bits per heavy atom. The van der Waals surface area contributed by atoms with Crippen LogP contribution in [0.15, 0.2) is 65.5 Å². The van der Waals surface area contributed by atoms with E-state index in [2.05, 4.69) is 39.6 Å². The van der Waals surface area contributed by atoms with Crippen LogP contribution >= 0.6 is 11.8 Å². The molecule has 0 saturated carbocycles. The first-order chi connectivity index (χ1) is 11.8. The number of aromatic nitrogens is 2. The van der Waals surface area contributed by atoms with Gasteiger partial charge in [0.2, 0.25) is 5.95 Å². The predicted molar refractivity (Wildman–Crippen MR) is 98.2 cm³/mol. The van der Waals surface area contributed by atoms with Crippen molar-refractivity contribution in [3.05, 3.63) is 93.4 Å². The van der Waals surface area contributed by atoms with Gasteiger partial charge in [-0.2, -0.15) is 11.8 Å². The summed E-state index contributed by atoms with van der Waals surface area (Å²) < 4.78 is 0. The second-order valence-corrected chi connectivity index (χ2v) is 6.72. The summed E-state index contributed by atoms with van der Waals surface area (Å²) in [4.78, 5) is 19.7. The van der Waals surface area contributed by atoms with E-state index in [4.69, 9.17) is 0 Å². The number of rotatable bonds is 4. The molecule has 0 saturated heterocycles. The fraction of sp³-hybridized carbons (Fsp3) is 0.158. The molecule has 0 bridgehead atoms. The molecule has 4 rings (SSSR count). The van der Waals surface area contributed by atoms with Crippen LogP contribution in [0.4, 0.5) is 5.95 Å². The number of benzene rings is 2. The van der Waals surface area contributed by atoms with Crippen LogP contribution in [0, 0.1) is 0 Å². The number of nitrogens with zero attached hydrogens (tertiary/aromatic N) is 1. The van der Waals surface area contributed by atoms with E-state index in [9.17, 15) is 4.79 Å². The molecule has 0 aliphatic carbocycles. The van der Waals surface area contributed by atoms with Crippen LogP contribution in [0.25, 0.3) is 0 Å². The molecule has 0 spiro atoms. The van der Waals surface area contributed by atoms with Crippen molar-refractivity contribution in [1.29, 1.82) is 0 Å². The lowest BCUT2D eigenvalue weighted by atomic mass is 9.99. The van der Waals surface area contributed by atoms with E-state index in [-0.39, 0.29) is 11.6 Å². The highest BCUT2D eigenvalue weighted by atomic mass is 32.2. The molecule has 0 atom stereocenters. The molecular weight excluding hydrogens is 318 g/mol. The molecule has 24 heavy (non-hydrogen) atoms. The van der Waals surface area contributed by atoms with Crippen LogP contribution in [0.3, 0.4) is 0 Å². The molecule has 4 nitrogen and oxygen atoms in total. The number of H-pyrrole nitrogens is 1. The minimum Gasteiger partial charge on any atom is -0.345 e. The van der Waals surface area contributed by atoms with Gasteiger partial charge in [0.05, 0.1) is 11.7 Å². The van der Waals surface area contributed by atoms with Gasteiger partial charge in [-0.3, -0.25) is 9.78 Å². The van der Waals surface area contributed by atoms with Gasteiger partial charge in [0, 0.05) is 17.1 Å². The fourth-order valence-electron chi connectivity index (χ4n) is 2.92. The lowest BCUT2D eigenvalue weighted by Crippen LogP contribution is -2.20. The lowest BCUT2D eigenvalue weighted by Gasteiger charge is -2.20. The zero-order valence-electron chi connectivity index (χ0n) is 13.0. The van der Waals surface area contributed by atoms with Gasteiger partial charge in [0.1, 0.15) is 0 Å². The van der Waals surface area contributed by atoms with Crippen LogP contribution in [0.5, 0.6) is 0 Å². The highest BCUT2D eigenvalue weighted by Crippen LogP contribution is 2.28. The molecule has 1 aliphatic rings. The maximum Gasteiger partial charge on any atom is 0.256 e. The average molecular weight is 335 g/mol. The third-order valence-corrected chi connectivity index (χ3v) is 5.10. The van der Waals surface area contributed by atoms with Crippen molar-refractivity contribution in [2.75, 3.05) is 5.32 Å². The van der Waals surface area contributed by atoms with E-state index in [1.807, 2.05) is 36.4 Å². The van der Waals surface area contributed by atoms with Gasteiger partial charge in [-0.15, -0.1) is 0 Å². The van der Waals surface area contributed by atoms with E-state index in [1.54, 1.807) is 11.8 Å². The number of fused-ring (bicyclic) bond motifs is 1. The highest BCUT2D eigenvalue weighted by Gasteiger charge is 2.20. The zero-order valence-corrected chi connectivity index (χ0v) is 13.8. The van der Waals surface area contributed by atoms with Gasteiger partial charge in [-0.05, 0) is 11.1 Å². The molecule has 2 N–H and O–H groups in total.